The Kier molecular flexibility index (Phi) is 2.89. The minimum atomic E-state index is 0.484. The van der Waals surface area contributed by atoms with Crippen LogP contribution in [0.3, 0.4) is 0 Å². The molecule has 1 aliphatic carbocycles. The van der Waals surface area contributed by atoms with Crippen LogP contribution >= 0.6 is 11.8 Å². The zero-order valence-corrected chi connectivity index (χ0v) is 9.62. The SMILES string of the molecule is CCC1CSC2(CCCC(C)C2)N1. The summed E-state index contributed by atoms with van der Waals surface area (Å²) in [7, 11) is 0. The fraction of sp³-hybridized carbons (Fsp3) is 1.00. The van der Waals surface area contributed by atoms with Crippen LogP contribution in [0.5, 0.6) is 0 Å². The average Bonchev–Trinajstić information content (AvgIpc) is 2.48. The molecular formula is C11H21NS. The highest BCUT2D eigenvalue weighted by atomic mass is 32.2. The first-order chi connectivity index (χ1) is 6.24. The van der Waals surface area contributed by atoms with Gasteiger partial charge in [0.25, 0.3) is 0 Å². The molecule has 0 aromatic heterocycles. The van der Waals surface area contributed by atoms with Gasteiger partial charge in [-0.1, -0.05) is 26.7 Å². The minimum absolute atomic E-state index is 0.484. The Morgan fingerprint density at radius 1 is 1.54 bits per heavy atom. The summed E-state index contributed by atoms with van der Waals surface area (Å²) < 4.78 is 0. The highest BCUT2D eigenvalue weighted by Gasteiger charge is 2.41. The van der Waals surface area contributed by atoms with Gasteiger partial charge in [0.1, 0.15) is 0 Å². The molecule has 1 nitrogen and oxygen atoms in total. The van der Waals surface area contributed by atoms with Crippen LogP contribution < -0.4 is 5.32 Å². The molecule has 0 amide bonds. The first-order valence-electron chi connectivity index (χ1n) is 5.66. The lowest BCUT2D eigenvalue weighted by Gasteiger charge is -2.36. The van der Waals surface area contributed by atoms with E-state index in [4.69, 9.17) is 0 Å². The minimum Gasteiger partial charge on any atom is -0.299 e. The molecule has 2 aliphatic rings. The second-order valence-corrected chi connectivity index (χ2v) is 6.16. The molecular weight excluding hydrogens is 178 g/mol. The van der Waals surface area contributed by atoms with Crippen LogP contribution in [0.25, 0.3) is 0 Å². The van der Waals surface area contributed by atoms with Gasteiger partial charge < -0.3 is 0 Å². The van der Waals surface area contributed by atoms with Gasteiger partial charge in [-0.05, 0) is 25.2 Å². The third-order valence-electron chi connectivity index (χ3n) is 3.48. The van der Waals surface area contributed by atoms with Crippen molar-refractivity contribution in [3.8, 4) is 0 Å². The molecule has 2 heteroatoms. The maximum atomic E-state index is 3.85. The largest absolute Gasteiger partial charge is 0.299 e. The summed E-state index contributed by atoms with van der Waals surface area (Å²) in [5.41, 5.74) is 0. The fourth-order valence-corrected chi connectivity index (χ4v) is 4.48. The van der Waals surface area contributed by atoms with Crippen molar-refractivity contribution in [2.45, 2.75) is 56.9 Å². The normalized spacial score (nSPS) is 45.7. The molecule has 0 radical (unpaired) electrons. The molecule has 1 aliphatic heterocycles. The Labute approximate surface area is 86.0 Å². The molecule has 2 fully saturated rings. The molecule has 13 heavy (non-hydrogen) atoms. The average molecular weight is 199 g/mol. The van der Waals surface area contributed by atoms with Crippen LogP contribution in [-0.4, -0.2) is 16.7 Å². The lowest BCUT2D eigenvalue weighted by molar-refractivity contribution is 0.268. The van der Waals surface area contributed by atoms with E-state index in [2.05, 4.69) is 30.9 Å². The number of thioether (sulfide) groups is 1. The van der Waals surface area contributed by atoms with Crippen molar-refractivity contribution < 1.29 is 0 Å². The van der Waals surface area contributed by atoms with E-state index < -0.39 is 0 Å². The molecule has 0 bridgehead atoms. The van der Waals surface area contributed by atoms with Gasteiger partial charge >= 0.3 is 0 Å². The van der Waals surface area contributed by atoms with Crippen LogP contribution in [0.4, 0.5) is 0 Å². The Morgan fingerprint density at radius 2 is 2.38 bits per heavy atom. The van der Waals surface area contributed by atoms with E-state index in [1.54, 1.807) is 0 Å². The monoisotopic (exact) mass is 199 g/mol. The van der Waals surface area contributed by atoms with E-state index in [0.29, 0.717) is 4.87 Å². The highest BCUT2D eigenvalue weighted by molar-refractivity contribution is 8.00. The van der Waals surface area contributed by atoms with Crippen molar-refractivity contribution in [2.24, 2.45) is 5.92 Å². The molecule has 3 unspecified atom stereocenters. The second-order valence-electron chi connectivity index (χ2n) is 4.76. The summed E-state index contributed by atoms with van der Waals surface area (Å²) in [5.74, 6) is 2.27. The van der Waals surface area contributed by atoms with E-state index in [0.717, 1.165) is 12.0 Å². The smallest absolute Gasteiger partial charge is 0.0650 e. The summed E-state index contributed by atoms with van der Waals surface area (Å²) in [6.07, 6.45) is 6.97. The molecule has 0 aromatic rings. The van der Waals surface area contributed by atoms with Gasteiger partial charge in [-0.25, -0.2) is 0 Å². The van der Waals surface area contributed by atoms with Crippen LogP contribution in [0.15, 0.2) is 0 Å². The summed E-state index contributed by atoms with van der Waals surface area (Å²) in [5, 5.41) is 3.85. The van der Waals surface area contributed by atoms with Gasteiger partial charge in [0.15, 0.2) is 0 Å². The summed E-state index contributed by atoms with van der Waals surface area (Å²) in [4.78, 5) is 0.484. The Bertz CT molecular complexity index is 183. The third kappa shape index (κ3) is 2.04. The Morgan fingerprint density at radius 3 is 3.00 bits per heavy atom. The lowest BCUT2D eigenvalue weighted by Crippen LogP contribution is -2.44. The Balaban J connectivity index is 1.97. The number of rotatable bonds is 1. The van der Waals surface area contributed by atoms with Crippen molar-refractivity contribution in [3.05, 3.63) is 0 Å². The first-order valence-corrected chi connectivity index (χ1v) is 6.64. The van der Waals surface area contributed by atoms with Gasteiger partial charge in [0.05, 0.1) is 4.87 Å². The molecule has 0 aromatic carbocycles. The van der Waals surface area contributed by atoms with Gasteiger partial charge in [0.2, 0.25) is 0 Å². The maximum Gasteiger partial charge on any atom is 0.0650 e. The zero-order valence-electron chi connectivity index (χ0n) is 8.81. The van der Waals surface area contributed by atoms with Crippen molar-refractivity contribution >= 4 is 11.8 Å². The van der Waals surface area contributed by atoms with E-state index in [1.807, 2.05) is 0 Å². The van der Waals surface area contributed by atoms with Gasteiger partial charge in [-0.3, -0.25) is 5.32 Å². The quantitative estimate of drug-likeness (QED) is 0.697. The second kappa shape index (κ2) is 3.82. The molecule has 1 saturated carbocycles. The fourth-order valence-electron chi connectivity index (χ4n) is 2.70. The molecule has 2 rings (SSSR count). The van der Waals surface area contributed by atoms with Crippen molar-refractivity contribution in [3.63, 3.8) is 0 Å². The first kappa shape index (κ1) is 9.85. The standard InChI is InChI=1S/C11H21NS/c1-3-10-8-13-11(12-10)6-4-5-9(2)7-11/h9-10,12H,3-8H2,1-2H3. The van der Waals surface area contributed by atoms with Crippen molar-refractivity contribution in [1.82, 2.24) is 5.32 Å². The number of hydrogen-bond acceptors (Lipinski definition) is 2. The molecule has 1 saturated heterocycles. The van der Waals surface area contributed by atoms with Gasteiger partial charge in [-0.2, -0.15) is 0 Å². The van der Waals surface area contributed by atoms with E-state index in [9.17, 15) is 0 Å². The predicted octanol–water partition coefficient (Wildman–Crippen LogP) is 3.01. The van der Waals surface area contributed by atoms with Crippen molar-refractivity contribution in [1.29, 1.82) is 0 Å². The van der Waals surface area contributed by atoms with Crippen molar-refractivity contribution in [2.75, 3.05) is 5.75 Å². The third-order valence-corrected chi connectivity index (χ3v) is 5.09. The van der Waals surface area contributed by atoms with E-state index >= 15 is 0 Å². The number of nitrogens with one attached hydrogen (secondary N) is 1. The zero-order chi connectivity index (χ0) is 9.31. The summed E-state index contributed by atoms with van der Waals surface area (Å²) in [6.45, 7) is 4.70. The highest BCUT2D eigenvalue weighted by Crippen LogP contribution is 2.44. The van der Waals surface area contributed by atoms with Crippen LogP contribution in [0.1, 0.15) is 46.0 Å². The Hall–Kier alpha value is 0.310. The van der Waals surface area contributed by atoms with Crippen LogP contribution in [-0.2, 0) is 0 Å². The van der Waals surface area contributed by atoms with Gasteiger partial charge in [0, 0.05) is 11.8 Å². The van der Waals surface area contributed by atoms with E-state index in [1.165, 1.54) is 37.9 Å². The van der Waals surface area contributed by atoms with Crippen LogP contribution in [0.2, 0.25) is 0 Å². The lowest BCUT2D eigenvalue weighted by atomic mass is 9.86. The molecule has 1 heterocycles. The molecule has 1 N–H and O–H groups in total. The predicted molar refractivity (Wildman–Crippen MR) is 60.0 cm³/mol. The summed E-state index contributed by atoms with van der Waals surface area (Å²) in [6, 6.07) is 0.787. The van der Waals surface area contributed by atoms with E-state index in [-0.39, 0.29) is 0 Å². The maximum absolute atomic E-state index is 3.85. The summed E-state index contributed by atoms with van der Waals surface area (Å²) >= 11 is 2.19. The molecule has 1 spiro atoms. The number of hydrogen-bond donors (Lipinski definition) is 1. The molecule has 3 atom stereocenters. The molecule has 76 valence electrons. The topological polar surface area (TPSA) is 12.0 Å². The van der Waals surface area contributed by atoms with Gasteiger partial charge in [-0.15, -0.1) is 11.8 Å². The van der Waals surface area contributed by atoms with Crippen LogP contribution in [0, 0.1) is 5.92 Å².